The van der Waals surface area contributed by atoms with Crippen molar-refractivity contribution >= 4 is 17.3 Å². The number of methoxy groups -OCH3 is 1. The number of fused-ring (bicyclic) bond motifs is 1. The zero-order valence-electron chi connectivity index (χ0n) is 11.6. The van der Waals surface area contributed by atoms with Crippen molar-refractivity contribution in [3.63, 3.8) is 0 Å². The number of hydrogen-bond acceptors (Lipinski definition) is 6. The fourth-order valence-corrected chi connectivity index (χ4v) is 2.83. The number of nitrogens with zero attached hydrogens (tertiary/aromatic N) is 4. The minimum Gasteiger partial charge on any atom is -0.384 e. The first-order chi connectivity index (χ1) is 9.81. The molecule has 1 fully saturated rings. The van der Waals surface area contributed by atoms with Crippen LogP contribution in [-0.2, 0) is 4.74 Å². The van der Waals surface area contributed by atoms with Crippen molar-refractivity contribution in [2.45, 2.75) is 12.8 Å². The van der Waals surface area contributed by atoms with Crippen molar-refractivity contribution in [2.24, 2.45) is 11.8 Å². The molecule has 3 N–H and O–H groups in total. The van der Waals surface area contributed by atoms with Crippen molar-refractivity contribution in [1.29, 1.82) is 0 Å². The topological polar surface area (TPSA) is 80.7 Å². The van der Waals surface area contributed by atoms with Crippen LogP contribution in [0.3, 0.4) is 0 Å². The Kier molecular flexibility index (Phi) is 3.70. The number of rotatable bonds is 4. The van der Waals surface area contributed by atoms with Gasteiger partial charge in [0.1, 0.15) is 0 Å². The summed E-state index contributed by atoms with van der Waals surface area (Å²) in [5.41, 5.74) is 3.48. The number of hydrogen-bond donors (Lipinski definition) is 2. The third-order valence-electron chi connectivity index (χ3n) is 3.73. The second-order valence-corrected chi connectivity index (χ2v) is 5.16. The summed E-state index contributed by atoms with van der Waals surface area (Å²) in [6, 6.07) is 0. The maximum Gasteiger partial charge on any atom is 0.180 e. The van der Waals surface area contributed by atoms with Gasteiger partial charge in [0, 0.05) is 32.6 Å². The Morgan fingerprint density at radius 2 is 2.45 bits per heavy atom. The highest BCUT2D eigenvalue weighted by Gasteiger charge is 2.23. The van der Waals surface area contributed by atoms with E-state index in [2.05, 4.69) is 20.3 Å². The van der Waals surface area contributed by atoms with E-state index < -0.39 is 0 Å². The number of nitrogens with two attached hydrogens (primary N) is 1. The third kappa shape index (κ3) is 2.41. The van der Waals surface area contributed by atoms with Crippen molar-refractivity contribution in [2.75, 3.05) is 37.1 Å². The van der Waals surface area contributed by atoms with Crippen molar-refractivity contribution in [3.8, 4) is 0 Å². The lowest BCUT2D eigenvalue weighted by molar-refractivity contribution is 0.143. The lowest BCUT2D eigenvalue weighted by atomic mass is 9.99. The van der Waals surface area contributed by atoms with Gasteiger partial charge in [-0.3, -0.25) is 0 Å². The Bertz CT molecular complexity index is 581. The van der Waals surface area contributed by atoms with E-state index >= 15 is 0 Å². The van der Waals surface area contributed by atoms with Crippen LogP contribution in [0.1, 0.15) is 12.8 Å². The molecule has 0 saturated carbocycles. The molecule has 7 heteroatoms. The van der Waals surface area contributed by atoms with E-state index in [1.54, 1.807) is 13.3 Å². The summed E-state index contributed by atoms with van der Waals surface area (Å²) in [6.07, 6.45) is 7.85. The number of aromatic nitrogens is 3. The number of nitrogen functional groups attached to an aromatic ring is 1. The van der Waals surface area contributed by atoms with Gasteiger partial charge in [0.15, 0.2) is 17.3 Å². The largest absolute Gasteiger partial charge is 0.384 e. The number of piperidine rings is 1. The predicted molar refractivity (Wildman–Crippen MR) is 77.6 cm³/mol. The van der Waals surface area contributed by atoms with Crippen LogP contribution in [0.25, 0.3) is 5.65 Å². The normalized spacial score (nSPS) is 19.5. The molecule has 0 aliphatic carbocycles. The van der Waals surface area contributed by atoms with Gasteiger partial charge in [-0.1, -0.05) is 0 Å². The van der Waals surface area contributed by atoms with E-state index in [1.165, 1.54) is 6.42 Å². The lowest BCUT2D eigenvalue weighted by Gasteiger charge is -2.33. The zero-order chi connectivity index (χ0) is 13.9. The molecule has 3 rings (SSSR count). The van der Waals surface area contributed by atoms with E-state index in [9.17, 15) is 0 Å². The quantitative estimate of drug-likeness (QED) is 0.637. The van der Waals surface area contributed by atoms with Crippen LogP contribution in [0.2, 0.25) is 0 Å². The van der Waals surface area contributed by atoms with Crippen LogP contribution < -0.4 is 16.2 Å². The number of imidazole rings is 1. The smallest absolute Gasteiger partial charge is 0.180 e. The SMILES string of the molecule is COCC1CCCN(c2nc(NN)cn3ccnc23)C1. The molecule has 0 aromatic carbocycles. The van der Waals surface area contributed by atoms with Crippen LogP contribution in [0.5, 0.6) is 0 Å². The molecule has 1 aliphatic rings. The Morgan fingerprint density at radius 3 is 3.25 bits per heavy atom. The molecule has 0 bridgehead atoms. The molecule has 2 aromatic heterocycles. The van der Waals surface area contributed by atoms with Crippen molar-refractivity contribution < 1.29 is 4.74 Å². The van der Waals surface area contributed by atoms with Crippen LogP contribution in [-0.4, -0.2) is 41.2 Å². The number of hydrazine groups is 1. The first-order valence-electron chi connectivity index (χ1n) is 6.86. The second-order valence-electron chi connectivity index (χ2n) is 5.16. The maximum absolute atomic E-state index is 5.50. The highest BCUT2D eigenvalue weighted by atomic mass is 16.5. The summed E-state index contributed by atoms with van der Waals surface area (Å²) in [5.74, 6) is 7.56. The summed E-state index contributed by atoms with van der Waals surface area (Å²) >= 11 is 0. The Balaban J connectivity index is 1.93. The molecule has 1 saturated heterocycles. The average Bonchev–Trinajstić information content (AvgIpc) is 2.95. The molecule has 1 unspecified atom stereocenters. The van der Waals surface area contributed by atoms with Crippen LogP contribution in [0.4, 0.5) is 11.6 Å². The van der Waals surface area contributed by atoms with E-state index in [1.807, 2.05) is 16.8 Å². The van der Waals surface area contributed by atoms with Gasteiger partial charge in [-0.05, 0) is 18.8 Å². The van der Waals surface area contributed by atoms with Gasteiger partial charge in [0.2, 0.25) is 0 Å². The van der Waals surface area contributed by atoms with Gasteiger partial charge in [-0.2, -0.15) is 0 Å². The Labute approximate surface area is 117 Å². The van der Waals surface area contributed by atoms with Crippen LogP contribution >= 0.6 is 0 Å². The number of nitrogens with one attached hydrogen (secondary N) is 1. The van der Waals surface area contributed by atoms with E-state index in [0.717, 1.165) is 37.6 Å². The van der Waals surface area contributed by atoms with Crippen molar-refractivity contribution in [3.05, 3.63) is 18.6 Å². The van der Waals surface area contributed by atoms with Gasteiger partial charge >= 0.3 is 0 Å². The summed E-state index contributed by atoms with van der Waals surface area (Å²) in [5, 5.41) is 0. The molecule has 108 valence electrons. The minimum absolute atomic E-state index is 0.542. The van der Waals surface area contributed by atoms with Crippen LogP contribution in [0.15, 0.2) is 18.6 Å². The maximum atomic E-state index is 5.50. The fourth-order valence-electron chi connectivity index (χ4n) is 2.83. The summed E-state index contributed by atoms with van der Waals surface area (Å²) < 4.78 is 7.22. The van der Waals surface area contributed by atoms with Gasteiger partial charge < -0.3 is 19.5 Å². The Hall–Kier alpha value is -1.86. The molecule has 20 heavy (non-hydrogen) atoms. The highest BCUT2D eigenvalue weighted by molar-refractivity contribution is 5.66. The van der Waals surface area contributed by atoms with E-state index in [0.29, 0.717) is 11.7 Å². The average molecular weight is 276 g/mol. The molecule has 1 atom stereocenters. The van der Waals surface area contributed by atoms with Crippen LogP contribution in [0, 0.1) is 5.92 Å². The van der Waals surface area contributed by atoms with Crippen molar-refractivity contribution in [1.82, 2.24) is 14.4 Å². The number of ether oxygens (including phenoxy) is 1. The summed E-state index contributed by atoms with van der Waals surface area (Å²) in [4.78, 5) is 11.2. The van der Waals surface area contributed by atoms with E-state index in [-0.39, 0.29) is 0 Å². The fraction of sp³-hybridized carbons (Fsp3) is 0.538. The standard InChI is InChI=1S/C13H20N6O/c1-20-9-10-3-2-5-18(7-10)13-12-15-4-6-19(12)8-11(16-13)17-14/h4,6,8,10,17H,2-3,5,7,9,14H2,1H3. The molecule has 2 aromatic rings. The molecule has 7 nitrogen and oxygen atoms in total. The predicted octanol–water partition coefficient (Wildman–Crippen LogP) is 0.878. The second kappa shape index (κ2) is 5.64. The van der Waals surface area contributed by atoms with Gasteiger partial charge in [-0.15, -0.1) is 0 Å². The first-order valence-corrected chi connectivity index (χ1v) is 6.86. The lowest BCUT2D eigenvalue weighted by Crippen LogP contribution is -2.38. The molecule has 1 aliphatic heterocycles. The molecule has 0 spiro atoms. The summed E-state index contributed by atoms with van der Waals surface area (Å²) in [7, 11) is 1.75. The molecular weight excluding hydrogens is 256 g/mol. The third-order valence-corrected chi connectivity index (χ3v) is 3.73. The van der Waals surface area contributed by atoms with E-state index in [4.69, 9.17) is 10.6 Å². The minimum atomic E-state index is 0.542. The van der Waals surface area contributed by atoms with Gasteiger partial charge in [0.25, 0.3) is 0 Å². The van der Waals surface area contributed by atoms with Gasteiger partial charge in [-0.25, -0.2) is 15.8 Å². The van der Waals surface area contributed by atoms with Gasteiger partial charge in [0.05, 0.1) is 12.8 Å². The zero-order valence-corrected chi connectivity index (χ0v) is 11.6. The summed E-state index contributed by atoms with van der Waals surface area (Å²) in [6.45, 7) is 2.72. The first kappa shape index (κ1) is 13.1. The molecule has 3 heterocycles. The molecule has 0 amide bonds. The Morgan fingerprint density at radius 1 is 1.55 bits per heavy atom. The molecule has 0 radical (unpaired) electrons. The number of anilines is 2. The highest BCUT2D eigenvalue weighted by Crippen LogP contribution is 2.26. The monoisotopic (exact) mass is 276 g/mol. The molecular formula is C13H20N6O.